The molecule has 0 atom stereocenters. The van der Waals surface area contributed by atoms with Gasteiger partial charge in [-0.2, -0.15) is 0 Å². The number of nitrogens with one attached hydrogen (secondary N) is 3. The van der Waals surface area contributed by atoms with Gasteiger partial charge in [-0.05, 0) is 19.3 Å². The van der Waals surface area contributed by atoms with Gasteiger partial charge >= 0.3 is 12.0 Å². The first-order valence-electron chi connectivity index (χ1n) is 6.40. The van der Waals surface area contributed by atoms with Crippen molar-refractivity contribution in [1.82, 2.24) is 20.6 Å². The number of carboxylic acids is 1. The molecule has 0 radical (unpaired) electrons. The molecule has 0 aromatic carbocycles. The summed E-state index contributed by atoms with van der Waals surface area (Å²) in [5.74, 6) is 0.109. The molecule has 1 aromatic heterocycles. The number of aromatic nitrogens is 2. The van der Waals surface area contributed by atoms with Crippen molar-refractivity contribution in [2.45, 2.75) is 32.1 Å². The predicted octanol–water partition coefficient (Wildman–Crippen LogP) is 0.896. The van der Waals surface area contributed by atoms with E-state index >= 15 is 0 Å². The Morgan fingerprint density at radius 3 is 2.58 bits per heavy atom. The van der Waals surface area contributed by atoms with Gasteiger partial charge in [-0.25, -0.2) is 9.78 Å². The molecule has 0 saturated carbocycles. The zero-order valence-electron chi connectivity index (χ0n) is 10.8. The van der Waals surface area contributed by atoms with Crippen LogP contribution in [0.15, 0.2) is 12.4 Å². The highest BCUT2D eigenvalue weighted by molar-refractivity contribution is 5.73. The Hall–Kier alpha value is -2.05. The van der Waals surface area contributed by atoms with Gasteiger partial charge in [0.15, 0.2) is 0 Å². The van der Waals surface area contributed by atoms with Gasteiger partial charge in [-0.15, -0.1) is 0 Å². The fourth-order valence-electron chi connectivity index (χ4n) is 1.56. The first-order valence-corrected chi connectivity index (χ1v) is 6.40. The number of hydrogen-bond acceptors (Lipinski definition) is 3. The van der Waals surface area contributed by atoms with Gasteiger partial charge in [0, 0.05) is 38.3 Å². The molecule has 1 aromatic rings. The van der Waals surface area contributed by atoms with E-state index in [1.54, 1.807) is 12.4 Å². The summed E-state index contributed by atoms with van der Waals surface area (Å²) in [5.41, 5.74) is 0. The van der Waals surface area contributed by atoms with Crippen molar-refractivity contribution >= 4 is 12.0 Å². The fourth-order valence-corrected chi connectivity index (χ4v) is 1.56. The maximum absolute atomic E-state index is 11.3. The second-order valence-corrected chi connectivity index (χ2v) is 4.17. The molecule has 0 aliphatic rings. The number of hydrogen-bond donors (Lipinski definition) is 4. The van der Waals surface area contributed by atoms with E-state index in [4.69, 9.17) is 5.11 Å². The highest BCUT2D eigenvalue weighted by Crippen LogP contribution is 1.94. The minimum absolute atomic E-state index is 0.145. The molecule has 0 aliphatic carbocycles. The molecular weight excluding hydrogens is 248 g/mol. The summed E-state index contributed by atoms with van der Waals surface area (Å²) in [7, 11) is 0. The molecule has 0 bridgehead atoms. The highest BCUT2D eigenvalue weighted by Gasteiger charge is 2.01. The summed E-state index contributed by atoms with van der Waals surface area (Å²) in [6.07, 6.45) is 6.48. The Balaban J connectivity index is 1.92. The summed E-state index contributed by atoms with van der Waals surface area (Å²) in [4.78, 5) is 28.7. The normalized spacial score (nSPS) is 10.1. The molecule has 0 aliphatic heterocycles. The molecule has 0 unspecified atom stereocenters. The summed E-state index contributed by atoms with van der Waals surface area (Å²) in [6.45, 7) is 1.08. The van der Waals surface area contributed by atoms with Crippen molar-refractivity contribution in [3.05, 3.63) is 18.2 Å². The summed E-state index contributed by atoms with van der Waals surface area (Å²) in [5, 5.41) is 13.9. The minimum atomic E-state index is -0.803. The summed E-state index contributed by atoms with van der Waals surface area (Å²) in [6, 6.07) is -0.213. The standard InChI is InChI=1S/C12H20N4O3/c17-11(18)5-1-2-6-15-12(19)16-7-3-4-10-13-8-9-14-10/h8-9H,1-7H2,(H,13,14)(H,17,18)(H2,15,16,19). The number of aliphatic carboxylic acids is 1. The van der Waals surface area contributed by atoms with Crippen LogP contribution in [-0.4, -0.2) is 40.2 Å². The Morgan fingerprint density at radius 1 is 1.21 bits per heavy atom. The number of urea groups is 1. The predicted molar refractivity (Wildman–Crippen MR) is 69.8 cm³/mol. The molecular formula is C12H20N4O3. The average Bonchev–Trinajstić information content (AvgIpc) is 2.87. The number of nitrogens with zero attached hydrogens (tertiary/aromatic N) is 1. The number of aromatic amines is 1. The van der Waals surface area contributed by atoms with Crippen LogP contribution < -0.4 is 10.6 Å². The van der Waals surface area contributed by atoms with Gasteiger partial charge in [-0.3, -0.25) is 4.79 Å². The zero-order chi connectivity index (χ0) is 13.9. The van der Waals surface area contributed by atoms with Crippen molar-refractivity contribution in [3.8, 4) is 0 Å². The Kier molecular flexibility index (Phi) is 7.08. The SMILES string of the molecule is O=C(O)CCCCNC(=O)NCCCc1ncc[nH]1. The van der Waals surface area contributed by atoms with Crippen LogP contribution in [0.2, 0.25) is 0 Å². The first kappa shape index (κ1) is 15.0. The third-order valence-corrected chi connectivity index (χ3v) is 2.53. The lowest BCUT2D eigenvalue weighted by Gasteiger charge is -2.06. The smallest absolute Gasteiger partial charge is 0.314 e. The van der Waals surface area contributed by atoms with Crippen LogP contribution in [0.5, 0.6) is 0 Å². The van der Waals surface area contributed by atoms with Gasteiger partial charge in [0.2, 0.25) is 0 Å². The van der Waals surface area contributed by atoms with Crippen molar-refractivity contribution in [3.63, 3.8) is 0 Å². The van der Waals surface area contributed by atoms with Crippen LogP contribution in [0.4, 0.5) is 4.79 Å². The first-order chi connectivity index (χ1) is 9.18. The molecule has 7 heteroatoms. The van der Waals surface area contributed by atoms with Gasteiger partial charge in [0.25, 0.3) is 0 Å². The number of unbranched alkanes of at least 4 members (excludes halogenated alkanes) is 1. The molecule has 7 nitrogen and oxygen atoms in total. The van der Waals surface area contributed by atoms with Crippen LogP contribution in [0.3, 0.4) is 0 Å². The topological polar surface area (TPSA) is 107 Å². The molecule has 0 fully saturated rings. The number of H-pyrrole nitrogens is 1. The van der Waals surface area contributed by atoms with E-state index < -0.39 is 5.97 Å². The number of amides is 2. The van der Waals surface area contributed by atoms with Crippen molar-refractivity contribution in [2.75, 3.05) is 13.1 Å². The van der Waals surface area contributed by atoms with Crippen molar-refractivity contribution in [2.24, 2.45) is 0 Å². The third-order valence-electron chi connectivity index (χ3n) is 2.53. The van der Waals surface area contributed by atoms with E-state index in [1.165, 1.54) is 0 Å². The van der Waals surface area contributed by atoms with E-state index in [2.05, 4.69) is 20.6 Å². The van der Waals surface area contributed by atoms with Gasteiger partial charge in [0.1, 0.15) is 5.82 Å². The molecule has 1 heterocycles. The van der Waals surface area contributed by atoms with E-state index in [0.717, 1.165) is 18.7 Å². The second kappa shape index (κ2) is 8.96. The Bertz CT molecular complexity index is 378. The summed E-state index contributed by atoms with van der Waals surface area (Å²) >= 11 is 0. The second-order valence-electron chi connectivity index (χ2n) is 4.17. The Morgan fingerprint density at radius 2 is 1.95 bits per heavy atom. The molecule has 2 amide bonds. The Labute approximate surface area is 111 Å². The van der Waals surface area contributed by atoms with Crippen LogP contribution >= 0.6 is 0 Å². The van der Waals surface area contributed by atoms with Gasteiger partial charge in [-0.1, -0.05) is 0 Å². The van der Waals surface area contributed by atoms with Crippen LogP contribution in [0.25, 0.3) is 0 Å². The van der Waals surface area contributed by atoms with Crippen LogP contribution in [0.1, 0.15) is 31.5 Å². The third kappa shape index (κ3) is 7.80. The monoisotopic (exact) mass is 268 g/mol. The molecule has 0 saturated heterocycles. The fraction of sp³-hybridized carbons (Fsp3) is 0.583. The number of carbonyl (C=O) groups is 2. The molecule has 4 N–H and O–H groups in total. The number of aryl methyl sites for hydroxylation is 1. The quantitative estimate of drug-likeness (QED) is 0.499. The van der Waals surface area contributed by atoms with Crippen molar-refractivity contribution < 1.29 is 14.7 Å². The molecule has 19 heavy (non-hydrogen) atoms. The minimum Gasteiger partial charge on any atom is -0.481 e. The average molecular weight is 268 g/mol. The van der Waals surface area contributed by atoms with Crippen molar-refractivity contribution in [1.29, 1.82) is 0 Å². The highest BCUT2D eigenvalue weighted by atomic mass is 16.4. The summed E-state index contributed by atoms with van der Waals surface area (Å²) < 4.78 is 0. The molecule has 0 spiro atoms. The maximum Gasteiger partial charge on any atom is 0.314 e. The number of carboxylic acid groups (broad SMARTS) is 1. The lowest BCUT2D eigenvalue weighted by atomic mass is 10.2. The van der Waals surface area contributed by atoms with Gasteiger partial charge < -0.3 is 20.7 Å². The van der Waals surface area contributed by atoms with E-state index in [-0.39, 0.29) is 12.5 Å². The van der Waals surface area contributed by atoms with E-state index in [1.807, 2.05) is 0 Å². The number of rotatable bonds is 9. The lowest BCUT2D eigenvalue weighted by molar-refractivity contribution is -0.137. The molecule has 106 valence electrons. The lowest BCUT2D eigenvalue weighted by Crippen LogP contribution is -2.36. The maximum atomic E-state index is 11.3. The van der Waals surface area contributed by atoms with E-state index in [0.29, 0.717) is 25.9 Å². The number of imidazole rings is 1. The largest absolute Gasteiger partial charge is 0.481 e. The van der Waals surface area contributed by atoms with Crippen LogP contribution in [0, 0.1) is 0 Å². The number of carbonyl (C=O) groups excluding carboxylic acids is 1. The van der Waals surface area contributed by atoms with E-state index in [9.17, 15) is 9.59 Å². The van der Waals surface area contributed by atoms with Crippen LogP contribution in [-0.2, 0) is 11.2 Å². The molecule has 1 rings (SSSR count). The van der Waals surface area contributed by atoms with Gasteiger partial charge in [0.05, 0.1) is 0 Å². The zero-order valence-corrected chi connectivity index (χ0v) is 10.8.